The van der Waals surface area contributed by atoms with Gasteiger partial charge in [0.1, 0.15) is 5.82 Å². The van der Waals surface area contributed by atoms with E-state index in [1.807, 2.05) is 0 Å². The first-order chi connectivity index (χ1) is 12.9. The number of hydrogen-bond acceptors (Lipinski definition) is 2. The summed E-state index contributed by atoms with van der Waals surface area (Å²) in [7, 11) is 0. The molecule has 2 aromatic rings. The topological polar surface area (TPSA) is 55.1 Å². The summed E-state index contributed by atoms with van der Waals surface area (Å²) in [6.07, 6.45) is -10.2. The van der Waals surface area contributed by atoms with E-state index in [4.69, 9.17) is 5.73 Å². The van der Waals surface area contributed by atoms with Crippen molar-refractivity contribution in [3.05, 3.63) is 70.0 Å². The SMILES string of the molecule is NC(=O)c1ccc2c(c1)CNC2[C@@H](c1ccc(F)cc1C(F)(F)F)C(F)(F)F. The molecular weight excluding hydrogens is 393 g/mol. The third-order valence-corrected chi connectivity index (χ3v) is 4.62. The highest BCUT2D eigenvalue weighted by atomic mass is 19.4. The summed E-state index contributed by atoms with van der Waals surface area (Å²) in [4.78, 5) is 11.2. The van der Waals surface area contributed by atoms with E-state index < -0.39 is 47.2 Å². The van der Waals surface area contributed by atoms with E-state index >= 15 is 0 Å². The molecule has 10 heteroatoms. The molecule has 0 fully saturated rings. The average molecular weight is 406 g/mol. The van der Waals surface area contributed by atoms with Gasteiger partial charge in [0, 0.05) is 18.2 Å². The number of nitrogens with one attached hydrogen (secondary N) is 1. The fourth-order valence-corrected chi connectivity index (χ4v) is 3.43. The lowest BCUT2D eigenvalue weighted by Crippen LogP contribution is -2.33. The molecule has 0 saturated heterocycles. The number of amides is 1. The van der Waals surface area contributed by atoms with E-state index in [1.165, 1.54) is 18.2 Å². The summed E-state index contributed by atoms with van der Waals surface area (Å²) in [6, 6.07) is 3.33. The maximum absolute atomic E-state index is 13.9. The molecule has 2 atom stereocenters. The van der Waals surface area contributed by atoms with Crippen molar-refractivity contribution in [2.45, 2.75) is 30.9 Å². The van der Waals surface area contributed by atoms with E-state index in [0.717, 1.165) is 0 Å². The van der Waals surface area contributed by atoms with Gasteiger partial charge in [0.15, 0.2) is 0 Å². The van der Waals surface area contributed by atoms with E-state index in [0.29, 0.717) is 17.7 Å². The van der Waals surface area contributed by atoms with Crippen LogP contribution in [0.25, 0.3) is 0 Å². The summed E-state index contributed by atoms with van der Waals surface area (Å²) in [5.41, 5.74) is 2.88. The Bertz CT molecular complexity index is 921. The lowest BCUT2D eigenvalue weighted by Gasteiger charge is -2.29. The van der Waals surface area contributed by atoms with Crippen LogP contribution in [0.2, 0.25) is 0 Å². The summed E-state index contributed by atoms with van der Waals surface area (Å²) < 4.78 is 94.8. The first-order valence-electron chi connectivity index (χ1n) is 7.99. The first kappa shape index (κ1) is 20.1. The van der Waals surface area contributed by atoms with Crippen molar-refractivity contribution in [3.8, 4) is 0 Å². The average Bonchev–Trinajstić information content (AvgIpc) is 2.97. The number of nitrogens with two attached hydrogens (primary N) is 1. The molecule has 2 aromatic carbocycles. The van der Waals surface area contributed by atoms with Gasteiger partial charge in [-0.25, -0.2) is 4.39 Å². The molecule has 150 valence electrons. The van der Waals surface area contributed by atoms with Gasteiger partial charge >= 0.3 is 12.4 Å². The number of rotatable bonds is 3. The molecule has 3 N–H and O–H groups in total. The minimum atomic E-state index is -5.17. The number of alkyl halides is 6. The molecule has 3 rings (SSSR count). The van der Waals surface area contributed by atoms with Crippen molar-refractivity contribution >= 4 is 5.91 Å². The van der Waals surface area contributed by atoms with Crippen LogP contribution in [0.15, 0.2) is 36.4 Å². The van der Waals surface area contributed by atoms with Gasteiger partial charge in [-0.05, 0) is 41.0 Å². The Morgan fingerprint density at radius 3 is 2.32 bits per heavy atom. The van der Waals surface area contributed by atoms with E-state index in [2.05, 4.69) is 5.32 Å². The second kappa shape index (κ2) is 6.77. The van der Waals surface area contributed by atoms with Crippen molar-refractivity contribution in [2.75, 3.05) is 0 Å². The quantitative estimate of drug-likeness (QED) is 0.741. The number of fused-ring (bicyclic) bond motifs is 1. The van der Waals surface area contributed by atoms with Crippen LogP contribution in [0.4, 0.5) is 30.7 Å². The van der Waals surface area contributed by atoms with Gasteiger partial charge in [-0.1, -0.05) is 12.1 Å². The molecule has 1 aliphatic rings. The van der Waals surface area contributed by atoms with Crippen LogP contribution in [-0.2, 0) is 12.7 Å². The molecule has 3 nitrogen and oxygen atoms in total. The van der Waals surface area contributed by atoms with Crippen LogP contribution in [-0.4, -0.2) is 12.1 Å². The first-order valence-corrected chi connectivity index (χ1v) is 7.99. The molecule has 1 heterocycles. The Kier molecular flexibility index (Phi) is 4.86. The molecule has 0 aliphatic carbocycles. The number of halogens is 7. The van der Waals surface area contributed by atoms with E-state index in [-0.39, 0.29) is 23.7 Å². The Labute approximate surface area is 154 Å². The van der Waals surface area contributed by atoms with Gasteiger partial charge in [-0.3, -0.25) is 4.79 Å². The van der Waals surface area contributed by atoms with E-state index in [9.17, 15) is 35.5 Å². The largest absolute Gasteiger partial charge is 0.416 e. The second-order valence-electron chi connectivity index (χ2n) is 6.39. The molecule has 0 radical (unpaired) electrons. The highest BCUT2D eigenvalue weighted by Gasteiger charge is 2.51. The summed E-state index contributed by atoms with van der Waals surface area (Å²) in [6.45, 7) is -0.0871. The predicted molar refractivity (Wildman–Crippen MR) is 84.7 cm³/mol. The van der Waals surface area contributed by atoms with Crippen LogP contribution in [0.1, 0.15) is 44.6 Å². The van der Waals surface area contributed by atoms with Crippen LogP contribution >= 0.6 is 0 Å². The van der Waals surface area contributed by atoms with Crippen LogP contribution in [0.3, 0.4) is 0 Å². The van der Waals surface area contributed by atoms with Crippen molar-refractivity contribution in [3.63, 3.8) is 0 Å². The second-order valence-corrected chi connectivity index (χ2v) is 6.39. The zero-order valence-electron chi connectivity index (χ0n) is 14.0. The van der Waals surface area contributed by atoms with Crippen LogP contribution < -0.4 is 11.1 Å². The lowest BCUT2D eigenvalue weighted by molar-refractivity contribution is -0.162. The third-order valence-electron chi connectivity index (χ3n) is 4.62. The van der Waals surface area contributed by atoms with Gasteiger partial charge in [0.05, 0.1) is 11.5 Å². The van der Waals surface area contributed by atoms with E-state index in [1.54, 1.807) is 0 Å². The normalized spacial score (nSPS) is 18.0. The molecule has 28 heavy (non-hydrogen) atoms. The van der Waals surface area contributed by atoms with Crippen LogP contribution in [0, 0.1) is 5.82 Å². The number of carbonyl (C=O) groups excluding carboxylic acids is 1. The van der Waals surface area contributed by atoms with Gasteiger partial charge in [-0.2, -0.15) is 26.3 Å². The summed E-state index contributed by atoms with van der Waals surface area (Å²) in [5, 5.41) is 2.55. The highest BCUT2D eigenvalue weighted by Crippen LogP contribution is 2.49. The zero-order chi connectivity index (χ0) is 20.9. The zero-order valence-corrected chi connectivity index (χ0v) is 14.0. The predicted octanol–water partition coefficient (Wildman–Crippen LogP) is 4.43. The molecule has 0 aromatic heterocycles. The van der Waals surface area contributed by atoms with Crippen molar-refractivity contribution in [1.29, 1.82) is 0 Å². The Morgan fingerprint density at radius 1 is 1.07 bits per heavy atom. The number of primary amides is 1. The Hall–Kier alpha value is -2.62. The maximum Gasteiger partial charge on any atom is 0.416 e. The maximum atomic E-state index is 13.9. The van der Waals surface area contributed by atoms with Gasteiger partial charge in [0.2, 0.25) is 5.91 Å². The highest BCUT2D eigenvalue weighted by molar-refractivity contribution is 5.93. The number of benzene rings is 2. The smallest absolute Gasteiger partial charge is 0.366 e. The molecule has 0 spiro atoms. The fraction of sp³-hybridized carbons (Fsp3) is 0.278. The number of carbonyl (C=O) groups is 1. The minimum Gasteiger partial charge on any atom is -0.366 e. The number of hydrogen-bond donors (Lipinski definition) is 2. The van der Waals surface area contributed by atoms with Crippen molar-refractivity contribution in [1.82, 2.24) is 5.32 Å². The molecule has 1 amide bonds. The van der Waals surface area contributed by atoms with Crippen LogP contribution in [0.5, 0.6) is 0 Å². The monoisotopic (exact) mass is 406 g/mol. The molecular formula is C18H13F7N2O. The molecule has 1 unspecified atom stereocenters. The van der Waals surface area contributed by atoms with Gasteiger partial charge in [-0.15, -0.1) is 0 Å². The lowest BCUT2D eigenvalue weighted by atomic mass is 9.84. The molecule has 0 bridgehead atoms. The third kappa shape index (κ3) is 3.68. The minimum absolute atomic E-state index is 0.0557. The Morgan fingerprint density at radius 2 is 1.75 bits per heavy atom. The van der Waals surface area contributed by atoms with Crippen molar-refractivity contribution in [2.24, 2.45) is 5.73 Å². The summed E-state index contributed by atoms with van der Waals surface area (Å²) >= 11 is 0. The Balaban J connectivity index is 2.15. The van der Waals surface area contributed by atoms with Gasteiger partial charge in [0.25, 0.3) is 0 Å². The van der Waals surface area contributed by atoms with Crippen molar-refractivity contribution < 1.29 is 35.5 Å². The molecule has 0 saturated carbocycles. The van der Waals surface area contributed by atoms with Gasteiger partial charge < -0.3 is 11.1 Å². The fourth-order valence-electron chi connectivity index (χ4n) is 3.43. The standard InChI is InChI=1S/C18H13F7N2O/c19-10-2-4-12(13(6-10)17(20,21)22)14(18(23,24)25)15-11-3-1-8(16(26)28)5-9(11)7-27-15/h1-6,14-15,27H,7H2,(H2,26,28)/t14-,15?/m1/s1. The molecule has 1 aliphatic heterocycles. The summed E-state index contributed by atoms with van der Waals surface area (Å²) in [5.74, 6) is -4.65.